The van der Waals surface area contributed by atoms with Gasteiger partial charge in [-0.25, -0.2) is 0 Å². The van der Waals surface area contributed by atoms with Crippen LogP contribution in [0.3, 0.4) is 0 Å². The highest BCUT2D eigenvalue weighted by Crippen LogP contribution is 2.21. The van der Waals surface area contributed by atoms with Gasteiger partial charge in [-0.1, -0.05) is 6.07 Å². The van der Waals surface area contributed by atoms with Crippen LogP contribution in [0.5, 0.6) is 5.75 Å². The Kier molecular flexibility index (Phi) is 3.23. The predicted octanol–water partition coefficient (Wildman–Crippen LogP) is 0.744. The van der Waals surface area contributed by atoms with Gasteiger partial charge in [0.15, 0.2) is 0 Å². The second-order valence-electron chi connectivity index (χ2n) is 3.92. The van der Waals surface area contributed by atoms with Crippen molar-refractivity contribution in [3.63, 3.8) is 0 Å². The Morgan fingerprint density at radius 1 is 1.47 bits per heavy atom. The molecule has 2 N–H and O–H groups in total. The van der Waals surface area contributed by atoms with Crippen LogP contribution in [0.2, 0.25) is 0 Å². The highest BCUT2D eigenvalue weighted by molar-refractivity contribution is 5.37. The largest absolute Gasteiger partial charge is 0.497 e. The first-order valence-corrected chi connectivity index (χ1v) is 5.33. The van der Waals surface area contributed by atoms with Crippen molar-refractivity contribution in [1.29, 1.82) is 0 Å². The molecule has 1 heterocycles. The van der Waals surface area contributed by atoms with Gasteiger partial charge in [0, 0.05) is 6.04 Å². The number of fused-ring (bicyclic) bond motifs is 1. The molecular weight excluding hydrogens is 190 g/mol. The third-order valence-corrected chi connectivity index (χ3v) is 2.93. The summed E-state index contributed by atoms with van der Waals surface area (Å²) in [4.78, 5) is 0. The van der Waals surface area contributed by atoms with Gasteiger partial charge in [-0.3, -0.25) is 0 Å². The number of rotatable bonds is 2. The van der Waals surface area contributed by atoms with Gasteiger partial charge in [-0.2, -0.15) is 0 Å². The van der Waals surface area contributed by atoms with Gasteiger partial charge in [0.25, 0.3) is 0 Å². The van der Waals surface area contributed by atoms with Crippen molar-refractivity contribution in [2.45, 2.75) is 18.9 Å². The number of methoxy groups -OCH3 is 1. The van der Waals surface area contributed by atoms with E-state index in [4.69, 9.17) is 4.74 Å². The fourth-order valence-corrected chi connectivity index (χ4v) is 2.04. The molecule has 1 atom stereocenters. The van der Waals surface area contributed by atoms with E-state index in [1.807, 2.05) is 6.07 Å². The molecule has 1 aromatic rings. The van der Waals surface area contributed by atoms with Crippen molar-refractivity contribution in [3.05, 3.63) is 29.3 Å². The first-order chi connectivity index (χ1) is 7.33. The van der Waals surface area contributed by atoms with Gasteiger partial charge in [-0.05, 0) is 42.6 Å². The van der Waals surface area contributed by atoms with Gasteiger partial charge < -0.3 is 15.2 Å². The maximum atomic E-state index is 9.17. The molecule has 3 nitrogen and oxygen atoms in total. The number of benzene rings is 1. The zero-order chi connectivity index (χ0) is 10.7. The van der Waals surface area contributed by atoms with Crippen LogP contribution in [0.15, 0.2) is 18.2 Å². The summed E-state index contributed by atoms with van der Waals surface area (Å²) in [6.07, 6.45) is 1.90. The number of hydrogen-bond acceptors (Lipinski definition) is 3. The fraction of sp³-hybridized carbons (Fsp3) is 0.500. The molecule has 1 aromatic carbocycles. The Bertz CT molecular complexity index is 338. The highest BCUT2D eigenvalue weighted by atomic mass is 16.5. The van der Waals surface area contributed by atoms with E-state index in [1.54, 1.807) is 7.11 Å². The van der Waals surface area contributed by atoms with Crippen LogP contribution in [0.4, 0.5) is 0 Å². The van der Waals surface area contributed by atoms with Crippen LogP contribution >= 0.6 is 0 Å². The molecule has 0 saturated heterocycles. The Morgan fingerprint density at radius 2 is 2.33 bits per heavy atom. The normalized spacial score (nSPS) is 20.5. The predicted molar refractivity (Wildman–Crippen MR) is 59.3 cm³/mol. The van der Waals surface area contributed by atoms with Crippen molar-refractivity contribution in [1.82, 2.24) is 5.32 Å². The number of aliphatic hydroxyl groups excluding tert-OH is 1. The van der Waals surface area contributed by atoms with Crippen molar-refractivity contribution in [2.24, 2.45) is 0 Å². The average Bonchev–Trinajstić information content (AvgIpc) is 2.49. The lowest BCUT2D eigenvalue weighted by Gasteiger charge is -2.13. The van der Waals surface area contributed by atoms with E-state index in [1.165, 1.54) is 11.1 Å². The fourth-order valence-electron chi connectivity index (χ4n) is 2.04. The molecule has 0 spiro atoms. The van der Waals surface area contributed by atoms with E-state index in [9.17, 15) is 5.11 Å². The van der Waals surface area contributed by atoms with Crippen LogP contribution in [-0.4, -0.2) is 31.4 Å². The maximum absolute atomic E-state index is 9.17. The Morgan fingerprint density at radius 3 is 3.07 bits per heavy atom. The Hall–Kier alpha value is -1.06. The minimum Gasteiger partial charge on any atom is -0.497 e. The minimum atomic E-state index is 0.179. The second kappa shape index (κ2) is 4.64. The maximum Gasteiger partial charge on any atom is 0.119 e. The number of ether oxygens (including phenoxy) is 1. The van der Waals surface area contributed by atoms with Crippen LogP contribution in [0.1, 0.15) is 11.1 Å². The number of hydrogen-bond donors (Lipinski definition) is 2. The monoisotopic (exact) mass is 207 g/mol. The summed E-state index contributed by atoms with van der Waals surface area (Å²) in [6, 6.07) is 6.37. The molecule has 3 heteroatoms. The highest BCUT2D eigenvalue weighted by Gasteiger charge is 2.15. The van der Waals surface area contributed by atoms with Crippen molar-refractivity contribution in [2.75, 3.05) is 20.3 Å². The number of aliphatic hydroxyl groups is 1. The summed E-state index contributed by atoms with van der Waals surface area (Å²) >= 11 is 0. The average molecular weight is 207 g/mol. The lowest BCUT2D eigenvalue weighted by Crippen LogP contribution is -2.33. The third kappa shape index (κ3) is 2.30. The van der Waals surface area contributed by atoms with Gasteiger partial charge in [0.1, 0.15) is 5.75 Å². The van der Waals surface area contributed by atoms with E-state index in [-0.39, 0.29) is 12.6 Å². The molecule has 0 aromatic heterocycles. The molecule has 15 heavy (non-hydrogen) atoms. The Balaban J connectivity index is 2.27. The van der Waals surface area contributed by atoms with Crippen LogP contribution < -0.4 is 10.1 Å². The van der Waals surface area contributed by atoms with Crippen molar-refractivity contribution >= 4 is 0 Å². The van der Waals surface area contributed by atoms with Gasteiger partial charge in [-0.15, -0.1) is 0 Å². The summed E-state index contributed by atoms with van der Waals surface area (Å²) in [5.74, 6) is 0.896. The molecule has 1 aliphatic heterocycles. The second-order valence-corrected chi connectivity index (χ2v) is 3.92. The van der Waals surface area contributed by atoms with Gasteiger partial charge >= 0.3 is 0 Å². The molecule has 0 radical (unpaired) electrons. The van der Waals surface area contributed by atoms with Crippen molar-refractivity contribution in [3.8, 4) is 5.75 Å². The first-order valence-electron chi connectivity index (χ1n) is 5.33. The molecule has 0 bridgehead atoms. The molecule has 0 saturated carbocycles. The lowest BCUT2D eigenvalue weighted by atomic mass is 10.0. The molecule has 0 amide bonds. The standard InChI is InChI=1S/C12H17NO2/c1-15-12-3-2-9-4-5-13-11(8-14)6-10(9)7-12/h2-3,7,11,13-14H,4-6,8H2,1H3. The van der Waals surface area contributed by atoms with E-state index in [0.29, 0.717) is 0 Å². The smallest absolute Gasteiger partial charge is 0.119 e. The molecule has 82 valence electrons. The summed E-state index contributed by atoms with van der Waals surface area (Å²) in [6.45, 7) is 1.13. The van der Waals surface area contributed by atoms with Gasteiger partial charge in [0.2, 0.25) is 0 Å². The first kappa shape index (κ1) is 10.5. The zero-order valence-corrected chi connectivity index (χ0v) is 8.99. The molecular formula is C12H17NO2. The quantitative estimate of drug-likeness (QED) is 0.751. The minimum absolute atomic E-state index is 0.179. The van der Waals surface area contributed by atoms with E-state index in [2.05, 4.69) is 17.4 Å². The van der Waals surface area contributed by atoms with Gasteiger partial charge in [0.05, 0.1) is 13.7 Å². The van der Waals surface area contributed by atoms with Crippen molar-refractivity contribution < 1.29 is 9.84 Å². The van der Waals surface area contributed by atoms with Crippen LogP contribution in [0.25, 0.3) is 0 Å². The zero-order valence-electron chi connectivity index (χ0n) is 8.99. The SMILES string of the molecule is COc1ccc2c(c1)CC(CO)NCC2. The van der Waals surface area contributed by atoms with E-state index >= 15 is 0 Å². The van der Waals surface area contributed by atoms with E-state index in [0.717, 1.165) is 25.1 Å². The number of nitrogens with one attached hydrogen (secondary N) is 1. The Labute approximate surface area is 90.1 Å². The van der Waals surface area contributed by atoms with Crippen LogP contribution in [0, 0.1) is 0 Å². The summed E-state index contributed by atoms with van der Waals surface area (Å²) in [5, 5.41) is 12.5. The topological polar surface area (TPSA) is 41.5 Å². The van der Waals surface area contributed by atoms with Crippen LogP contribution in [-0.2, 0) is 12.8 Å². The summed E-state index contributed by atoms with van der Waals surface area (Å²) < 4.78 is 5.21. The molecule has 0 fully saturated rings. The molecule has 2 rings (SSSR count). The molecule has 0 aliphatic carbocycles. The lowest BCUT2D eigenvalue weighted by molar-refractivity contribution is 0.244. The summed E-state index contributed by atoms with van der Waals surface area (Å²) in [7, 11) is 1.68. The van der Waals surface area contributed by atoms with E-state index < -0.39 is 0 Å². The molecule has 1 unspecified atom stereocenters. The third-order valence-electron chi connectivity index (χ3n) is 2.93. The molecule has 1 aliphatic rings. The summed E-state index contributed by atoms with van der Waals surface area (Å²) in [5.41, 5.74) is 2.65.